The molecule has 3 aromatic rings. The van der Waals surface area contributed by atoms with Crippen LogP contribution in [0.5, 0.6) is 5.75 Å². The number of aryl methyl sites for hydroxylation is 1. The molecule has 0 aliphatic rings. The monoisotopic (exact) mass is 457 g/mol. The number of halogens is 3. The molecule has 2 heterocycles. The maximum atomic E-state index is 13.1. The summed E-state index contributed by atoms with van der Waals surface area (Å²) in [5.41, 5.74) is 0.171. The van der Waals surface area contributed by atoms with Gasteiger partial charge in [0.15, 0.2) is 16.4 Å². The summed E-state index contributed by atoms with van der Waals surface area (Å²) in [6, 6.07) is 2.86. The van der Waals surface area contributed by atoms with Crippen molar-refractivity contribution in [2.45, 2.75) is 38.8 Å². The minimum absolute atomic E-state index is 0.0658. The van der Waals surface area contributed by atoms with Crippen LogP contribution in [0.15, 0.2) is 22.0 Å². The number of aromatic nitrogens is 2. The van der Waals surface area contributed by atoms with Crippen molar-refractivity contribution in [2.75, 3.05) is 25.1 Å². The van der Waals surface area contributed by atoms with E-state index in [1.807, 2.05) is 18.9 Å². The molecule has 0 unspecified atom stereocenters. The fourth-order valence-electron chi connectivity index (χ4n) is 3.15. The second kappa shape index (κ2) is 9.54. The number of carboxylic acid groups (broad SMARTS) is 1. The lowest BCUT2D eigenvalue weighted by Crippen LogP contribution is -2.20. The Balaban J connectivity index is 1.63. The van der Waals surface area contributed by atoms with Crippen molar-refractivity contribution in [2.24, 2.45) is 0 Å². The van der Waals surface area contributed by atoms with E-state index in [1.54, 1.807) is 5.38 Å². The first kappa shape index (κ1) is 22.9. The minimum atomic E-state index is -4.58. The first-order valence-corrected chi connectivity index (χ1v) is 10.6. The van der Waals surface area contributed by atoms with E-state index in [0.717, 1.165) is 0 Å². The van der Waals surface area contributed by atoms with Gasteiger partial charge in [-0.1, -0.05) is 18.5 Å². The maximum absolute atomic E-state index is 13.1. The second-order valence-corrected chi connectivity index (χ2v) is 7.85. The predicted molar refractivity (Wildman–Crippen MR) is 110 cm³/mol. The SMILES string of the molecule is CCCc1c(OCCCN(C)c2nc(CC(=O)O)cs2)ccc2c(C(F)(F)F)noc12. The van der Waals surface area contributed by atoms with Crippen LogP contribution in [0.4, 0.5) is 18.3 Å². The molecule has 0 amide bonds. The maximum Gasteiger partial charge on any atom is 0.437 e. The highest BCUT2D eigenvalue weighted by molar-refractivity contribution is 7.13. The smallest absolute Gasteiger partial charge is 0.437 e. The summed E-state index contributed by atoms with van der Waals surface area (Å²) in [5.74, 6) is -0.443. The van der Waals surface area contributed by atoms with E-state index in [4.69, 9.17) is 14.4 Å². The Hall–Kier alpha value is -2.82. The van der Waals surface area contributed by atoms with Gasteiger partial charge in [0.05, 0.1) is 24.1 Å². The Morgan fingerprint density at radius 1 is 1.35 bits per heavy atom. The second-order valence-electron chi connectivity index (χ2n) is 7.01. The third-order valence-electron chi connectivity index (χ3n) is 4.56. The van der Waals surface area contributed by atoms with Gasteiger partial charge in [-0.25, -0.2) is 4.98 Å². The lowest BCUT2D eigenvalue weighted by atomic mass is 10.0. The molecule has 1 aromatic carbocycles. The van der Waals surface area contributed by atoms with E-state index >= 15 is 0 Å². The number of rotatable bonds is 10. The van der Waals surface area contributed by atoms with Crippen LogP contribution < -0.4 is 9.64 Å². The molecule has 0 saturated carbocycles. The number of benzene rings is 1. The summed E-state index contributed by atoms with van der Waals surface area (Å²) in [5, 5.41) is 14.4. The highest BCUT2D eigenvalue weighted by atomic mass is 32.1. The number of anilines is 1. The van der Waals surface area contributed by atoms with Gasteiger partial charge in [0.25, 0.3) is 0 Å². The van der Waals surface area contributed by atoms with Crippen molar-refractivity contribution in [1.82, 2.24) is 10.1 Å². The summed E-state index contributed by atoms with van der Waals surface area (Å²) in [4.78, 5) is 17.0. The molecule has 11 heteroatoms. The van der Waals surface area contributed by atoms with Crippen LogP contribution in [0.1, 0.15) is 36.7 Å². The van der Waals surface area contributed by atoms with Gasteiger partial charge in [-0.2, -0.15) is 13.2 Å². The molecule has 31 heavy (non-hydrogen) atoms. The number of nitrogens with zero attached hydrogens (tertiary/aromatic N) is 3. The van der Waals surface area contributed by atoms with E-state index in [-0.39, 0.29) is 17.4 Å². The number of ether oxygens (including phenoxy) is 1. The zero-order valence-electron chi connectivity index (χ0n) is 17.0. The number of hydrogen-bond donors (Lipinski definition) is 1. The average Bonchev–Trinajstić information content (AvgIpc) is 3.32. The number of carboxylic acids is 1. The molecular formula is C20H22F3N3O4S. The molecule has 3 rings (SSSR count). The predicted octanol–water partition coefficient (Wildman–Crippen LogP) is 4.79. The Morgan fingerprint density at radius 3 is 2.81 bits per heavy atom. The number of alkyl halides is 3. The molecule has 0 bridgehead atoms. The fraction of sp³-hybridized carbons (Fsp3) is 0.450. The quantitative estimate of drug-likeness (QED) is 0.438. The normalized spacial score (nSPS) is 11.8. The molecule has 2 aromatic heterocycles. The van der Waals surface area contributed by atoms with Crippen molar-refractivity contribution in [3.63, 3.8) is 0 Å². The molecule has 0 spiro atoms. The average molecular weight is 457 g/mol. The van der Waals surface area contributed by atoms with Gasteiger partial charge in [-0.3, -0.25) is 4.79 Å². The van der Waals surface area contributed by atoms with Crippen LogP contribution in [0.3, 0.4) is 0 Å². The summed E-state index contributed by atoms with van der Waals surface area (Å²) in [7, 11) is 1.85. The standard InChI is InChI=1S/C20H22F3N3O4S/c1-3-5-13-15(7-6-14-17(13)30-25-18(14)20(21,22)23)29-9-4-8-26(2)19-24-12(11-31-19)10-16(27)28/h6-7,11H,3-5,8-10H2,1-2H3,(H,27,28). The molecule has 0 atom stereocenters. The van der Waals surface area contributed by atoms with Gasteiger partial charge < -0.3 is 19.3 Å². The van der Waals surface area contributed by atoms with Crippen LogP contribution in [0, 0.1) is 0 Å². The fourth-order valence-corrected chi connectivity index (χ4v) is 3.97. The summed E-state index contributed by atoms with van der Waals surface area (Å²) in [6.45, 7) is 2.89. The first-order chi connectivity index (χ1) is 14.7. The van der Waals surface area contributed by atoms with E-state index in [2.05, 4.69) is 10.1 Å². The van der Waals surface area contributed by atoms with Crippen LogP contribution in [0.2, 0.25) is 0 Å². The van der Waals surface area contributed by atoms with E-state index < -0.39 is 17.8 Å². The number of fused-ring (bicyclic) bond motifs is 1. The molecule has 7 nitrogen and oxygen atoms in total. The third-order valence-corrected chi connectivity index (χ3v) is 5.57. The summed E-state index contributed by atoms with van der Waals surface area (Å²) >= 11 is 1.37. The molecule has 0 saturated heterocycles. The van der Waals surface area contributed by atoms with Gasteiger partial charge in [0, 0.05) is 24.5 Å². The molecular weight excluding hydrogens is 435 g/mol. The van der Waals surface area contributed by atoms with Gasteiger partial charge in [-0.05, 0) is 25.0 Å². The van der Waals surface area contributed by atoms with Crippen molar-refractivity contribution in [3.05, 3.63) is 34.5 Å². The number of thiazole rings is 1. The summed E-state index contributed by atoms with van der Waals surface area (Å²) < 4.78 is 50.2. The Morgan fingerprint density at radius 2 is 2.13 bits per heavy atom. The molecule has 1 N–H and O–H groups in total. The zero-order valence-corrected chi connectivity index (χ0v) is 17.8. The topological polar surface area (TPSA) is 88.7 Å². The largest absolute Gasteiger partial charge is 0.493 e. The molecule has 0 aliphatic heterocycles. The van der Waals surface area contributed by atoms with Crippen LogP contribution in [-0.2, 0) is 23.8 Å². The Bertz CT molecular complexity index is 1050. The Kier molecular flexibility index (Phi) is 7.04. The highest BCUT2D eigenvalue weighted by Crippen LogP contribution is 2.38. The molecule has 0 radical (unpaired) electrons. The number of hydrogen-bond acceptors (Lipinski definition) is 7. The van der Waals surface area contributed by atoms with Crippen LogP contribution in [-0.4, -0.2) is 41.4 Å². The first-order valence-electron chi connectivity index (χ1n) is 9.69. The van der Waals surface area contributed by atoms with Gasteiger partial charge in [0.2, 0.25) is 0 Å². The highest BCUT2D eigenvalue weighted by Gasteiger charge is 2.37. The lowest BCUT2D eigenvalue weighted by Gasteiger charge is -2.16. The van der Waals surface area contributed by atoms with Crippen molar-refractivity contribution in [3.8, 4) is 5.75 Å². The van der Waals surface area contributed by atoms with E-state index in [0.29, 0.717) is 54.6 Å². The van der Waals surface area contributed by atoms with Crippen molar-refractivity contribution < 1.29 is 32.3 Å². The van der Waals surface area contributed by atoms with E-state index in [1.165, 1.54) is 23.5 Å². The molecule has 0 aliphatic carbocycles. The lowest BCUT2D eigenvalue weighted by molar-refractivity contribution is -0.141. The van der Waals surface area contributed by atoms with E-state index in [9.17, 15) is 18.0 Å². The number of aliphatic carboxylic acids is 1. The third kappa shape index (κ3) is 5.46. The number of carbonyl (C=O) groups is 1. The van der Waals surface area contributed by atoms with Gasteiger partial charge in [0.1, 0.15) is 5.75 Å². The van der Waals surface area contributed by atoms with Gasteiger partial charge in [-0.15, -0.1) is 11.3 Å². The zero-order chi connectivity index (χ0) is 22.6. The Labute approximate surface area is 180 Å². The minimum Gasteiger partial charge on any atom is -0.493 e. The van der Waals surface area contributed by atoms with Crippen molar-refractivity contribution in [1.29, 1.82) is 0 Å². The van der Waals surface area contributed by atoms with Crippen molar-refractivity contribution >= 4 is 33.4 Å². The van der Waals surface area contributed by atoms with Gasteiger partial charge >= 0.3 is 12.1 Å². The van der Waals surface area contributed by atoms with Crippen LogP contribution >= 0.6 is 11.3 Å². The van der Waals surface area contributed by atoms with Crippen LogP contribution in [0.25, 0.3) is 11.0 Å². The molecule has 168 valence electrons. The summed E-state index contributed by atoms with van der Waals surface area (Å²) in [6.07, 6.45) is -2.85. The molecule has 0 fully saturated rings.